The SMILES string of the molecule is COc1cccc(C=CC(=O)N2CCN(S(=O)(=O)c3ccc(Cl)cc3)CC2)c1. The van der Waals surface area contributed by atoms with Crippen molar-refractivity contribution in [2.45, 2.75) is 4.90 Å². The number of hydrogen-bond donors (Lipinski definition) is 0. The minimum absolute atomic E-state index is 0.147. The van der Waals surface area contributed by atoms with E-state index in [2.05, 4.69) is 0 Å². The highest BCUT2D eigenvalue weighted by atomic mass is 35.5. The molecule has 1 saturated heterocycles. The largest absolute Gasteiger partial charge is 0.497 e. The van der Waals surface area contributed by atoms with Crippen molar-refractivity contribution in [3.8, 4) is 5.75 Å². The van der Waals surface area contributed by atoms with Crippen LogP contribution < -0.4 is 4.74 Å². The summed E-state index contributed by atoms with van der Waals surface area (Å²) in [6.07, 6.45) is 3.22. The first-order valence-electron chi connectivity index (χ1n) is 8.77. The van der Waals surface area contributed by atoms with Gasteiger partial charge in [0.05, 0.1) is 12.0 Å². The van der Waals surface area contributed by atoms with E-state index >= 15 is 0 Å². The van der Waals surface area contributed by atoms with Gasteiger partial charge in [-0.2, -0.15) is 4.31 Å². The van der Waals surface area contributed by atoms with Gasteiger partial charge in [-0.3, -0.25) is 4.79 Å². The molecule has 1 fully saturated rings. The summed E-state index contributed by atoms with van der Waals surface area (Å²) in [5.74, 6) is 0.571. The van der Waals surface area contributed by atoms with E-state index in [1.54, 1.807) is 30.2 Å². The van der Waals surface area contributed by atoms with E-state index in [9.17, 15) is 13.2 Å². The number of carbonyl (C=O) groups excluding carboxylic acids is 1. The summed E-state index contributed by atoms with van der Waals surface area (Å²) >= 11 is 5.83. The molecule has 0 radical (unpaired) electrons. The molecule has 0 aromatic heterocycles. The van der Waals surface area contributed by atoms with Gasteiger partial charge in [-0.1, -0.05) is 23.7 Å². The van der Waals surface area contributed by atoms with E-state index in [4.69, 9.17) is 16.3 Å². The van der Waals surface area contributed by atoms with Crippen LogP contribution in [0.15, 0.2) is 59.5 Å². The highest BCUT2D eigenvalue weighted by molar-refractivity contribution is 7.89. The molecule has 8 heteroatoms. The molecule has 1 aliphatic heterocycles. The van der Waals surface area contributed by atoms with E-state index in [1.165, 1.54) is 22.5 Å². The Morgan fingerprint density at radius 3 is 2.39 bits per heavy atom. The van der Waals surface area contributed by atoms with E-state index in [1.807, 2.05) is 24.3 Å². The van der Waals surface area contributed by atoms with Crippen molar-refractivity contribution in [2.24, 2.45) is 0 Å². The lowest BCUT2D eigenvalue weighted by atomic mass is 10.2. The Morgan fingerprint density at radius 2 is 1.75 bits per heavy atom. The van der Waals surface area contributed by atoms with Crippen molar-refractivity contribution >= 4 is 33.6 Å². The Kier molecular flexibility index (Phi) is 6.39. The van der Waals surface area contributed by atoms with Crippen LogP contribution in [-0.4, -0.2) is 56.8 Å². The lowest BCUT2D eigenvalue weighted by molar-refractivity contribution is -0.127. The summed E-state index contributed by atoms with van der Waals surface area (Å²) < 4.78 is 32.0. The molecule has 1 aliphatic rings. The monoisotopic (exact) mass is 420 g/mol. The summed E-state index contributed by atoms with van der Waals surface area (Å²) in [5.41, 5.74) is 0.858. The van der Waals surface area contributed by atoms with Crippen molar-refractivity contribution in [1.29, 1.82) is 0 Å². The van der Waals surface area contributed by atoms with Gasteiger partial charge in [-0.25, -0.2) is 8.42 Å². The number of benzene rings is 2. The fourth-order valence-electron chi connectivity index (χ4n) is 2.92. The third kappa shape index (κ3) is 4.73. The number of rotatable bonds is 5. The first kappa shape index (κ1) is 20.4. The maximum absolute atomic E-state index is 12.7. The number of carbonyl (C=O) groups is 1. The van der Waals surface area contributed by atoms with Crippen molar-refractivity contribution in [1.82, 2.24) is 9.21 Å². The fourth-order valence-corrected chi connectivity index (χ4v) is 4.47. The molecular weight excluding hydrogens is 400 g/mol. The van der Waals surface area contributed by atoms with Gasteiger partial charge >= 0.3 is 0 Å². The Balaban J connectivity index is 1.60. The average Bonchev–Trinajstić information content (AvgIpc) is 2.72. The molecule has 28 heavy (non-hydrogen) atoms. The highest BCUT2D eigenvalue weighted by Crippen LogP contribution is 2.20. The normalized spacial score (nSPS) is 15.7. The van der Waals surface area contributed by atoms with Crippen LogP contribution in [0.5, 0.6) is 5.75 Å². The number of halogens is 1. The summed E-state index contributed by atoms with van der Waals surface area (Å²) in [5, 5.41) is 0.484. The standard InChI is InChI=1S/C20H21ClN2O4S/c1-27-18-4-2-3-16(15-18)5-10-20(24)22-11-13-23(14-12-22)28(25,26)19-8-6-17(21)7-9-19/h2-10,15H,11-14H2,1H3. The zero-order chi connectivity index (χ0) is 20.1. The fraction of sp³-hybridized carbons (Fsp3) is 0.250. The summed E-state index contributed by atoms with van der Waals surface area (Å²) in [6.45, 7) is 1.19. The van der Waals surface area contributed by atoms with Gasteiger partial charge in [0.2, 0.25) is 15.9 Å². The summed E-state index contributed by atoms with van der Waals surface area (Å²) in [4.78, 5) is 14.3. The number of amides is 1. The first-order chi connectivity index (χ1) is 13.4. The van der Waals surface area contributed by atoms with Crippen LogP contribution >= 0.6 is 11.6 Å². The van der Waals surface area contributed by atoms with Crippen LogP contribution in [0.25, 0.3) is 6.08 Å². The van der Waals surface area contributed by atoms with Crippen LogP contribution in [0.2, 0.25) is 5.02 Å². The molecule has 1 amide bonds. The third-order valence-corrected chi connectivity index (χ3v) is 6.68. The minimum atomic E-state index is -3.59. The average molecular weight is 421 g/mol. The molecule has 0 aliphatic carbocycles. The van der Waals surface area contributed by atoms with E-state index in [-0.39, 0.29) is 23.9 Å². The van der Waals surface area contributed by atoms with Crippen LogP contribution in [0.4, 0.5) is 0 Å². The van der Waals surface area contributed by atoms with Crippen molar-refractivity contribution < 1.29 is 17.9 Å². The number of hydrogen-bond acceptors (Lipinski definition) is 4. The molecule has 3 rings (SSSR count). The second-order valence-corrected chi connectivity index (χ2v) is 8.67. The Morgan fingerprint density at radius 1 is 1.07 bits per heavy atom. The Hall–Kier alpha value is -2.35. The van der Waals surface area contributed by atoms with Crippen LogP contribution in [0.1, 0.15) is 5.56 Å². The smallest absolute Gasteiger partial charge is 0.246 e. The van der Waals surface area contributed by atoms with Crippen LogP contribution in [0.3, 0.4) is 0 Å². The summed E-state index contributed by atoms with van der Waals surface area (Å²) in [7, 11) is -2.00. The van der Waals surface area contributed by atoms with Crippen molar-refractivity contribution in [3.63, 3.8) is 0 Å². The van der Waals surface area contributed by atoms with Gasteiger partial charge in [0.15, 0.2) is 0 Å². The molecule has 2 aromatic carbocycles. The van der Waals surface area contributed by atoms with Gasteiger partial charge in [0, 0.05) is 37.3 Å². The molecule has 0 unspecified atom stereocenters. The molecule has 0 spiro atoms. The van der Waals surface area contributed by atoms with E-state index in [0.717, 1.165) is 11.3 Å². The van der Waals surface area contributed by atoms with Crippen LogP contribution in [0, 0.1) is 0 Å². The quantitative estimate of drug-likeness (QED) is 0.697. The van der Waals surface area contributed by atoms with Crippen molar-refractivity contribution in [3.05, 3.63) is 65.2 Å². The maximum Gasteiger partial charge on any atom is 0.246 e. The van der Waals surface area contributed by atoms with Gasteiger partial charge < -0.3 is 9.64 Å². The molecule has 1 heterocycles. The second kappa shape index (κ2) is 8.77. The zero-order valence-corrected chi connectivity index (χ0v) is 17.0. The lowest BCUT2D eigenvalue weighted by Crippen LogP contribution is -2.50. The predicted molar refractivity (Wildman–Crippen MR) is 109 cm³/mol. The van der Waals surface area contributed by atoms with Crippen LogP contribution in [-0.2, 0) is 14.8 Å². The third-order valence-electron chi connectivity index (χ3n) is 4.51. The van der Waals surface area contributed by atoms with Crippen molar-refractivity contribution in [2.75, 3.05) is 33.3 Å². The first-order valence-corrected chi connectivity index (χ1v) is 10.6. The topological polar surface area (TPSA) is 66.9 Å². The van der Waals surface area contributed by atoms with Gasteiger partial charge in [0.25, 0.3) is 0 Å². The number of piperazine rings is 1. The predicted octanol–water partition coefficient (Wildman–Crippen LogP) is 2.89. The number of methoxy groups -OCH3 is 1. The molecule has 6 nitrogen and oxygen atoms in total. The second-order valence-electron chi connectivity index (χ2n) is 6.29. The molecule has 0 saturated carbocycles. The molecule has 148 valence electrons. The lowest BCUT2D eigenvalue weighted by Gasteiger charge is -2.33. The Labute approximate surface area is 170 Å². The van der Waals surface area contributed by atoms with E-state index < -0.39 is 10.0 Å². The molecule has 0 atom stereocenters. The maximum atomic E-state index is 12.7. The molecular formula is C20H21ClN2O4S. The van der Waals surface area contributed by atoms with Gasteiger partial charge in [-0.15, -0.1) is 0 Å². The highest BCUT2D eigenvalue weighted by Gasteiger charge is 2.29. The minimum Gasteiger partial charge on any atom is -0.497 e. The molecule has 2 aromatic rings. The number of sulfonamides is 1. The molecule has 0 N–H and O–H groups in total. The molecule has 0 bridgehead atoms. The zero-order valence-electron chi connectivity index (χ0n) is 15.4. The summed E-state index contributed by atoms with van der Waals surface area (Å²) in [6, 6.07) is 13.5. The Bertz CT molecular complexity index is 966. The number of nitrogens with zero attached hydrogens (tertiary/aromatic N) is 2. The number of ether oxygens (including phenoxy) is 1. The van der Waals surface area contributed by atoms with Gasteiger partial charge in [-0.05, 0) is 48.0 Å². The van der Waals surface area contributed by atoms with E-state index in [0.29, 0.717) is 18.1 Å². The van der Waals surface area contributed by atoms with Gasteiger partial charge in [0.1, 0.15) is 5.75 Å².